The van der Waals surface area contributed by atoms with Crippen LogP contribution >= 0.6 is 0 Å². The zero-order valence-electron chi connectivity index (χ0n) is 19.2. The number of carbonyl (C=O) groups excluding carboxylic acids is 1. The van der Waals surface area contributed by atoms with Crippen LogP contribution in [0.1, 0.15) is 25.3 Å². The maximum Gasteiger partial charge on any atom is 0.246 e. The number of sulfonamides is 1. The molecule has 0 aliphatic carbocycles. The van der Waals surface area contributed by atoms with Gasteiger partial charge in [-0.25, -0.2) is 8.42 Å². The Labute approximate surface area is 195 Å². The number of amides is 1. The second-order valence-electron chi connectivity index (χ2n) is 7.53. The first-order chi connectivity index (χ1) is 15.9. The molecule has 1 heterocycles. The summed E-state index contributed by atoms with van der Waals surface area (Å²) >= 11 is 0. The lowest BCUT2D eigenvalue weighted by Crippen LogP contribution is -2.30. The first-order valence-corrected chi connectivity index (χ1v) is 12.3. The van der Waals surface area contributed by atoms with Gasteiger partial charge in [0.1, 0.15) is 10.6 Å². The molecule has 0 unspecified atom stereocenters. The summed E-state index contributed by atoms with van der Waals surface area (Å²) in [6.45, 7) is 3.48. The Morgan fingerprint density at radius 2 is 1.70 bits per heavy atom. The number of ether oxygens (including phenoxy) is 3. The Bertz CT molecular complexity index is 1070. The van der Waals surface area contributed by atoms with E-state index in [2.05, 4.69) is 10.6 Å². The fourth-order valence-electron chi connectivity index (χ4n) is 3.60. The minimum Gasteiger partial charge on any atom is -0.493 e. The molecule has 0 saturated carbocycles. The van der Waals surface area contributed by atoms with Crippen LogP contribution in [0, 0.1) is 0 Å². The number of anilines is 1. The highest BCUT2D eigenvalue weighted by molar-refractivity contribution is 7.89. The minimum atomic E-state index is -3.67. The van der Waals surface area contributed by atoms with Gasteiger partial charge in [0.2, 0.25) is 15.9 Å². The number of methoxy groups -OCH3 is 2. The van der Waals surface area contributed by atoms with Gasteiger partial charge in [-0.3, -0.25) is 4.79 Å². The highest BCUT2D eigenvalue weighted by Crippen LogP contribution is 2.31. The number of nitrogens with zero attached hydrogens (tertiary/aromatic N) is 1. The third-order valence-corrected chi connectivity index (χ3v) is 7.24. The summed E-state index contributed by atoms with van der Waals surface area (Å²) in [6.07, 6.45) is 1.70. The molecule has 1 saturated heterocycles. The summed E-state index contributed by atoms with van der Waals surface area (Å²) in [4.78, 5) is 12.5. The molecule has 0 aromatic heterocycles. The maximum absolute atomic E-state index is 13.1. The average Bonchev–Trinajstić information content (AvgIpc) is 3.38. The number of hydrogen-bond acceptors (Lipinski definition) is 7. The van der Waals surface area contributed by atoms with Crippen molar-refractivity contribution in [3.63, 3.8) is 0 Å². The minimum absolute atomic E-state index is 0.00945. The summed E-state index contributed by atoms with van der Waals surface area (Å²) < 4.78 is 43.7. The first-order valence-electron chi connectivity index (χ1n) is 10.9. The van der Waals surface area contributed by atoms with E-state index in [-0.39, 0.29) is 17.3 Å². The summed E-state index contributed by atoms with van der Waals surface area (Å²) in [5.41, 5.74) is 1.39. The fraction of sp³-hybridized carbons (Fsp3) is 0.435. The highest BCUT2D eigenvalue weighted by atomic mass is 32.2. The summed E-state index contributed by atoms with van der Waals surface area (Å²) in [5.74, 6) is 1.28. The van der Waals surface area contributed by atoms with Crippen LogP contribution in [0.15, 0.2) is 41.3 Å². The van der Waals surface area contributed by atoms with Gasteiger partial charge in [0, 0.05) is 25.3 Å². The zero-order valence-corrected chi connectivity index (χ0v) is 20.0. The Morgan fingerprint density at radius 1 is 1.00 bits per heavy atom. The quantitative estimate of drug-likeness (QED) is 0.512. The molecule has 0 atom stereocenters. The molecule has 2 N–H and O–H groups in total. The Kier molecular flexibility index (Phi) is 8.40. The lowest BCUT2D eigenvalue weighted by atomic mass is 10.2. The normalized spacial score (nSPS) is 14.0. The predicted molar refractivity (Wildman–Crippen MR) is 125 cm³/mol. The number of carbonyl (C=O) groups is 1. The molecule has 1 aliphatic heterocycles. The van der Waals surface area contributed by atoms with Gasteiger partial charge in [-0.1, -0.05) is 6.07 Å². The van der Waals surface area contributed by atoms with Crippen LogP contribution in [0.5, 0.6) is 17.2 Å². The van der Waals surface area contributed by atoms with Crippen LogP contribution in [-0.2, 0) is 21.4 Å². The fourth-order valence-corrected chi connectivity index (χ4v) is 5.27. The van der Waals surface area contributed by atoms with Gasteiger partial charge >= 0.3 is 0 Å². The number of nitrogens with one attached hydrogen (secondary N) is 2. The van der Waals surface area contributed by atoms with Crippen molar-refractivity contribution in [1.82, 2.24) is 9.62 Å². The second kappa shape index (κ2) is 11.2. The summed E-state index contributed by atoms with van der Waals surface area (Å²) in [7, 11) is -0.548. The first kappa shape index (κ1) is 24.7. The lowest BCUT2D eigenvalue weighted by molar-refractivity contribution is -0.119. The number of hydrogen-bond donors (Lipinski definition) is 2. The van der Waals surface area contributed by atoms with E-state index in [1.807, 2.05) is 6.07 Å². The molecule has 33 heavy (non-hydrogen) atoms. The molecule has 9 nitrogen and oxygen atoms in total. The third-order valence-electron chi connectivity index (χ3n) is 5.32. The molecule has 1 amide bonds. The molecule has 10 heteroatoms. The van der Waals surface area contributed by atoms with Crippen molar-refractivity contribution in [2.45, 2.75) is 31.2 Å². The Balaban J connectivity index is 1.64. The van der Waals surface area contributed by atoms with Crippen molar-refractivity contribution in [1.29, 1.82) is 0 Å². The zero-order chi connectivity index (χ0) is 23.8. The predicted octanol–water partition coefficient (Wildman–Crippen LogP) is 2.62. The molecular formula is C23H31N3O6S. The number of benzene rings is 2. The molecule has 180 valence electrons. The molecule has 2 aromatic rings. The SMILES string of the molecule is CCOc1ccc(NCC(=O)NCc2ccc(OC)c(OC)c2)cc1S(=O)(=O)N1CCCC1. The van der Waals surface area contributed by atoms with Crippen molar-refractivity contribution < 1.29 is 27.4 Å². The molecule has 1 fully saturated rings. The average molecular weight is 478 g/mol. The number of rotatable bonds is 11. The van der Waals surface area contributed by atoms with Crippen molar-refractivity contribution in [2.24, 2.45) is 0 Å². The molecule has 3 rings (SSSR count). The van der Waals surface area contributed by atoms with Gasteiger partial charge in [-0.15, -0.1) is 0 Å². The topological polar surface area (TPSA) is 106 Å². The van der Waals surface area contributed by atoms with Crippen LogP contribution in [0.4, 0.5) is 5.69 Å². The highest BCUT2D eigenvalue weighted by Gasteiger charge is 2.30. The second-order valence-corrected chi connectivity index (χ2v) is 9.43. The van der Waals surface area contributed by atoms with Gasteiger partial charge < -0.3 is 24.8 Å². The third kappa shape index (κ3) is 6.08. The molecule has 2 aromatic carbocycles. The molecule has 0 radical (unpaired) electrons. The van der Waals surface area contributed by atoms with Crippen LogP contribution in [0.25, 0.3) is 0 Å². The van der Waals surface area contributed by atoms with Crippen LogP contribution in [-0.4, -0.2) is 59.1 Å². The van der Waals surface area contributed by atoms with E-state index < -0.39 is 10.0 Å². The summed E-state index contributed by atoms with van der Waals surface area (Å²) in [6, 6.07) is 10.3. The van der Waals surface area contributed by atoms with Gasteiger partial charge in [0.05, 0.1) is 27.4 Å². The van der Waals surface area contributed by atoms with Crippen LogP contribution < -0.4 is 24.8 Å². The molecule has 1 aliphatic rings. The van der Waals surface area contributed by atoms with Crippen LogP contribution in [0.2, 0.25) is 0 Å². The molecule has 0 spiro atoms. The smallest absolute Gasteiger partial charge is 0.246 e. The van der Waals surface area contributed by atoms with Crippen molar-refractivity contribution in [3.05, 3.63) is 42.0 Å². The Hall–Kier alpha value is -2.98. The van der Waals surface area contributed by atoms with E-state index in [1.54, 1.807) is 45.4 Å². The maximum atomic E-state index is 13.1. The summed E-state index contributed by atoms with van der Waals surface area (Å²) in [5, 5.41) is 5.83. The monoisotopic (exact) mass is 477 g/mol. The molecule has 0 bridgehead atoms. The standard InChI is InChI=1S/C23H31N3O6S/c1-4-32-20-10-8-18(14-22(20)33(28,29)26-11-5-6-12-26)24-16-23(27)25-15-17-7-9-19(30-2)21(13-17)31-3/h7-10,13-14,24H,4-6,11-12,15-16H2,1-3H3,(H,25,27). The van der Waals surface area contributed by atoms with Crippen molar-refractivity contribution >= 4 is 21.6 Å². The van der Waals surface area contributed by atoms with E-state index in [0.717, 1.165) is 18.4 Å². The van der Waals surface area contributed by atoms with Gasteiger partial charge in [0.25, 0.3) is 0 Å². The van der Waals surface area contributed by atoms with E-state index in [1.165, 1.54) is 10.4 Å². The lowest BCUT2D eigenvalue weighted by Gasteiger charge is -2.19. The van der Waals surface area contributed by atoms with Gasteiger partial charge in [-0.05, 0) is 55.7 Å². The van der Waals surface area contributed by atoms with E-state index in [0.29, 0.717) is 49.2 Å². The largest absolute Gasteiger partial charge is 0.493 e. The van der Waals surface area contributed by atoms with Gasteiger partial charge in [0.15, 0.2) is 11.5 Å². The Morgan fingerprint density at radius 3 is 2.36 bits per heavy atom. The van der Waals surface area contributed by atoms with Crippen molar-refractivity contribution in [3.8, 4) is 17.2 Å². The van der Waals surface area contributed by atoms with Crippen LogP contribution in [0.3, 0.4) is 0 Å². The van der Waals surface area contributed by atoms with Crippen molar-refractivity contribution in [2.75, 3.05) is 45.8 Å². The van der Waals surface area contributed by atoms with E-state index in [4.69, 9.17) is 14.2 Å². The van der Waals surface area contributed by atoms with E-state index >= 15 is 0 Å². The molecular weight excluding hydrogens is 446 g/mol. The van der Waals surface area contributed by atoms with Gasteiger partial charge in [-0.2, -0.15) is 4.31 Å². The van der Waals surface area contributed by atoms with E-state index in [9.17, 15) is 13.2 Å².